The highest BCUT2D eigenvalue weighted by atomic mass is 32.2. The van der Waals surface area contributed by atoms with E-state index in [1.807, 2.05) is 12.1 Å². The molecule has 2 amide bonds. The number of tetrazole rings is 1. The SMILES string of the molecule is CCN(CC)c1ccc(C(=O)NNC(=O)CSc2nnnn2C)cc1. The van der Waals surface area contributed by atoms with Gasteiger partial charge in [0.1, 0.15) is 0 Å². The van der Waals surface area contributed by atoms with Crippen LogP contribution in [-0.4, -0.2) is 50.9 Å². The summed E-state index contributed by atoms with van der Waals surface area (Å²) in [5, 5.41) is 11.4. The summed E-state index contributed by atoms with van der Waals surface area (Å²) in [7, 11) is 1.68. The fraction of sp³-hybridized carbons (Fsp3) is 0.400. The van der Waals surface area contributed by atoms with Crippen molar-refractivity contribution < 1.29 is 9.59 Å². The summed E-state index contributed by atoms with van der Waals surface area (Å²) in [6.45, 7) is 5.96. The zero-order chi connectivity index (χ0) is 18.2. The van der Waals surface area contributed by atoms with Crippen LogP contribution in [0, 0.1) is 0 Å². The predicted molar refractivity (Wildman–Crippen MR) is 95.1 cm³/mol. The number of aromatic nitrogens is 4. The van der Waals surface area contributed by atoms with Gasteiger partial charge in [-0.25, -0.2) is 4.68 Å². The number of benzene rings is 1. The molecule has 0 radical (unpaired) electrons. The normalized spacial score (nSPS) is 10.4. The zero-order valence-electron chi connectivity index (χ0n) is 14.4. The van der Waals surface area contributed by atoms with E-state index in [4.69, 9.17) is 0 Å². The van der Waals surface area contributed by atoms with Crippen molar-refractivity contribution in [2.24, 2.45) is 7.05 Å². The molecule has 0 atom stereocenters. The minimum atomic E-state index is -0.371. The van der Waals surface area contributed by atoms with Crippen LogP contribution in [0.5, 0.6) is 0 Å². The van der Waals surface area contributed by atoms with Gasteiger partial charge in [0, 0.05) is 31.4 Å². The third kappa shape index (κ3) is 5.18. The van der Waals surface area contributed by atoms with Crippen molar-refractivity contribution >= 4 is 29.3 Å². The van der Waals surface area contributed by atoms with Gasteiger partial charge < -0.3 is 4.90 Å². The number of amides is 2. The standard InChI is InChI=1S/C15H21N7O2S/c1-4-22(5-2)12-8-6-11(7-9-12)14(24)17-16-13(23)10-25-15-18-19-20-21(15)3/h6-9H,4-5,10H2,1-3H3,(H,16,23)(H,17,24). The molecule has 10 heteroatoms. The minimum absolute atomic E-state index is 0.0926. The van der Waals surface area contributed by atoms with Gasteiger partial charge in [0.05, 0.1) is 5.75 Å². The maximum absolute atomic E-state index is 12.1. The van der Waals surface area contributed by atoms with Gasteiger partial charge in [-0.15, -0.1) is 5.10 Å². The monoisotopic (exact) mass is 363 g/mol. The van der Waals surface area contributed by atoms with Crippen LogP contribution in [0.25, 0.3) is 0 Å². The number of rotatable bonds is 7. The molecular weight excluding hydrogens is 342 g/mol. The lowest BCUT2D eigenvalue weighted by Crippen LogP contribution is -2.42. The Morgan fingerprint density at radius 1 is 1.16 bits per heavy atom. The lowest BCUT2D eigenvalue weighted by Gasteiger charge is -2.21. The Kier molecular flexibility index (Phi) is 6.75. The third-order valence-electron chi connectivity index (χ3n) is 3.49. The average Bonchev–Trinajstić information content (AvgIpc) is 3.04. The number of hydrazine groups is 1. The molecule has 1 aromatic heterocycles. The van der Waals surface area contributed by atoms with E-state index in [9.17, 15) is 9.59 Å². The average molecular weight is 363 g/mol. The maximum atomic E-state index is 12.1. The highest BCUT2D eigenvalue weighted by Crippen LogP contribution is 2.15. The van der Waals surface area contributed by atoms with Crippen molar-refractivity contribution in [1.29, 1.82) is 0 Å². The molecule has 1 aromatic carbocycles. The number of anilines is 1. The van der Waals surface area contributed by atoms with Gasteiger partial charge in [-0.1, -0.05) is 11.8 Å². The summed E-state index contributed by atoms with van der Waals surface area (Å²) in [6, 6.07) is 7.24. The highest BCUT2D eigenvalue weighted by Gasteiger charge is 2.10. The van der Waals surface area contributed by atoms with E-state index in [2.05, 4.69) is 45.1 Å². The molecule has 0 saturated heterocycles. The summed E-state index contributed by atoms with van der Waals surface area (Å²) in [6.07, 6.45) is 0. The number of carbonyl (C=O) groups is 2. The van der Waals surface area contributed by atoms with Crippen molar-refractivity contribution in [2.45, 2.75) is 19.0 Å². The van der Waals surface area contributed by atoms with Gasteiger partial charge in [-0.2, -0.15) is 0 Å². The van der Waals surface area contributed by atoms with Crippen LogP contribution < -0.4 is 15.8 Å². The van der Waals surface area contributed by atoms with Crippen molar-refractivity contribution in [1.82, 2.24) is 31.1 Å². The van der Waals surface area contributed by atoms with E-state index in [1.165, 1.54) is 16.4 Å². The first-order valence-electron chi connectivity index (χ1n) is 7.84. The second-order valence-corrected chi connectivity index (χ2v) is 6.04. The van der Waals surface area contributed by atoms with Gasteiger partial charge in [0.25, 0.3) is 5.91 Å². The first kappa shape index (κ1) is 18.7. The molecular formula is C15H21N7O2S. The van der Waals surface area contributed by atoms with Crippen molar-refractivity contribution in [3.8, 4) is 0 Å². The molecule has 0 aliphatic carbocycles. The van der Waals surface area contributed by atoms with Crippen LogP contribution in [0.3, 0.4) is 0 Å². The van der Waals surface area contributed by atoms with Crippen LogP contribution in [-0.2, 0) is 11.8 Å². The Morgan fingerprint density at radius 3 is 2.40 bits per heavy atom. The van der Waals surface area contributed by atoms with E-state index in [-0.39, 0.29) is 17.6 Å². The van der Waals surface area contributed by atoms with Crippen LogP contribution in [0.4, 0.5) is 5.69 Å². The van der Waals surface area contributed by atoms with Crippen LogP contribution in [0.1, 0.15) is 24.2 Å². The maximum Gasteiger partial charge on any atom is 0.269 e. The first-order chi connectivity index (χ1) is 12.0. The van der Waals surface area contributed by atoms with E-state index >= 15 is 0 Å². The molecule has 2 rings (SSSR count). The van der Waals surface area contributed by atoms with Gasteiger partial charge in [-0.3, -0.25) is 20.4 Å². The smallest absolute Gasteiger partial charge is 0.269 e. The quantitative estimate of drug-likeness (QED) is 0.548. The molecule has 0 saturated carbocycles. The summed E-state index contributed by atoms with van der Waals surface area (Å²) in [5.41, 5.74) is 6.30. The summed E-state index contributed by atoms with van der Waals surface area (Å²) in [5.74, 6) is -0.624. The molecule has 0 aliphatic heterocycles. The van der Waals surface area contributed by atoms with Crippen molar-refractivity contribution in [3.05, 3.63) is 29.8 Å². The van der Waals surface area contributed by atoms with Gasteiger partial charge in [-0.05, 0) is 48.5 Å². The molecule has 0 bridgehead atoms. The van der Waals surface area contributed by atoms with Crippen LogP contribution in [0.15, 0.2) is 29.4 Å². The fourth-order valence-corrected chi connectivity index (χ4v) is 2.77. The number of nitrogens with zero attached hydrogens (tertiary/aromatic N) is 5. The molecule has 2 aromatic rings. The van der Waals surface area contributed by atoms with Crippen LogP contribution >= 0.6 is 11.8 Å². The number of hydrogen-bond donors (Lipinski definition) is 2. The second kappa shape index (κ2) is 9.02. The Labute approximate surface area is 150 Å². The largest absolute Gasteiger partial charge is 0.372 e. The van der Waals surface area contributed by atoms with Gasteiger partial charge in [0.15, 0.2) is 0 Å². The lowest BCUT2D eigenvalue weighted by molar-refractivity contribution is -0.119. The molecule has 1 heterocycles. The number of carbonyl (C=O) groups excluding carboxylic acids is 2. The molecule has 0 fully saturated rings. The summed E-state index contributed by atoms with van der Waals surface area (Å²) < 4.78 is 1.47. The summed E-state index contributed by atoms with van der Waals surface area (Å²) in [4.78, 5) is 26.0. The fourth-order valence-electron chi connectivity index (χ4n) is 2.12. The molecule has 9 nitrogen and oxygen atoms in total. The highest BCUT2D eigenvalue weighted by molar-refractivity contribution is 7.99. The molecule has 0 spiro atoms. The Hall–Kier alpha value is -2.62. The van der Waals surface area contributed by atoms with E-state index < -0.39 is 0 Å². The zero-order valence-corrected chi connectivity index (χ0v) is 15.2. The first-order valence-corrected chi connectivity index (χ1v) is 8.83. The minimum Gasteiger partial charge on any atom is -0.372 e. The predicted octanol–water partition coefficient (Wildman–Crippen LogP) is 0.610. The topological polar surface area (TPSA) is 105 Å². The number of nitrogens with one attached hydrogen (secondary N) is 2. The van der Waals surface area contributed by atoms with E-state index in [0.717, 1.165) is 18.8 Å². The molecule has 0 aliphatic rings. The summed E-state index contributed by atoms with van der Waals surface area (Å²) >= 11 is 1.18. The molecule has 0 unspecified atom stereocenters. The molecule has 134 valence electrons. The lowest BCUT2D eigenvalue weighted by atomic mass is 10.2. The van der Waals surface area contributed by atoms with E-state index in [0.29, 0.717) is 10.7 Å². The number of thioether (sulfide) groups is 1. The Morgan fingerprint density at radius 2 is 1.84 bits per heavy atom. The third-order valence-corrected chi connectivity index (χ3v) is 4.50. The van der Waals surface area contributed by atoms with Crippen LogP contribution in [0.2, 0.25) is 0 Å². The number of aryl methyl sites for hydroxylation is 1. The molecule has 2 N–H and O–H groups in total. The second-order valence-electron chi connectivity index (χ2n) is 5.10. The van der Waals surface area contributed by atoms with Crippen molar-refractivity contribution in [2.75, 3.05) is 23.7 Å². The Bertz CT molecular complexity index is 713. The molecule has 25 heavy (non-hydrogen) atoms. The number of hydrogen-bond acceptors (Lipinski definition) is 7. The van der Waals surface area contributed by atoms with Gasteiger partial charge in [0.2, 0.25) is 11.1 Å². The van der Waals surface area contributed by atoms with E-state index in [1.54, 1.807) is 19.2 Å². The van der Waals surface area contributed by atoms with Crippen molar-refractivity contribution in [3.63, 3.8) is 0 Å². The Balaban J connectivity index is 1.81. The van der Waals surface area contributed by atoms with Gasteiger partial charge >= 0.3 is 0 Å².